The summed E-state index contributed by atoms with van der Waals surface area (Å²) < 4.78 is 30.0. The van der Waals surface area contributed by atoms with Crippen molar-refractivity contribution >= 4 is 5.69 Å². The van der Waals surface area contributed by atoms with E-state index in [0.29, 0.717) is 6.61 Å². The Bertz CT molecular complexity index is 342. The summed E-state index contributed by atoms with van der Waals surface area (Å²) in [6.45, 7) is 5.82. The molecule has 0 amide bonds. The molecule has 4 heteroatoms. The molecule has 1 N–H and O–H groups in total. The summed E-state index contributed by atoms with van der Waals surface area (Å²) in [4.78, 5) is 0. The van der Waals surface area contributed by atoms with E-state index in [1.165, 1.54) is 6.92 Å². The first-order chi connectivity index (χ1) is 7.54. The molecule has 1 unspecified atom stereocenters. The molecule has 0 saturated heterocycles. The van der Waals surface area contributed by atoms with Crippen molar-refractivity contribution in [1.82, 2.24) is 0 Å². The van der Waals surface area contributed by atoms with Crippen LogP contribution in [-0.2, 0) is 0 Å². The van der Waals surface area contributed by atoms with E-state index >= 15 is 0 Å². The second kappa shape index (κ2) is 5.68. The highest BCUT2D eigenvalue weighted by Crippen LogP contribution is 2.22. The van der Waals surface area contributed by atoms with Crippen LogP contribution in [0.3, 0.4) is 0 Å². The second-order valence-corrected chi connectivity index (χ2v) is 3.68. The molecule has 1 atom stereocenters. The van der Waals surface area contributed by atoms with Gasteiger partial charge in [-0.2, -0.15) is 0 Å². The van der Waals surface area contributed by atoms with Gasteiger partial charge in [0.1, 0.15) is 5.75 Å². The fourth-order valence-electron chi connectivity index (χ4n) is 1.36. The lowest BCUT2D eigenvalue weighted by Gasteiger charge is -2.16. The topological polar surface area (TPSA) is 21.3 Å². The minimum absolute atomic E-state index is 0.597. The number of hydrogen-bond acceptors (Lipinski definition) is 2. The maximum atomic E-state index is 12.4. The van der Waals surface area contributed by atoms with Gasteiger partial charge < -0.3 is 10.1 Å². The highest BCUT2D eigenvalue weighted by Gasteiger charge is 2.14. The van der Waals surface area contributed by atoms with Crippen LogP contribution in [0.4, 0.5) is 14.5 Å². The van der Waals surface area contributed by atoms with Gasteiger partial charge in [-0.25, -0.2) is 8.78 Å². The summed E-state index contributed by atoms with van der Waals surface area (Å²) in [5.41, 5.74) is 1.62. The maximum absolute atomic E-state index is 12.4. The molecule has 0 saturated carbocycles. The summed E-state index contributed by atoms with van der Waals surface area (Å²) >= 11 is 0. The fourth-order valence-corrected chi connectivity index (χ4v) is 1.36. The number of benzene rings is 1. The van der Waals surface area contributed by atoms with Gasteiger partial charge in [0.2, 0.25) is 0 Å². The molecule has 16 heavy (non-hydrogen) atoms. The van der Waals surface area contributed by atoms with Gasteiger partial charge in [-0.05, 0) is 44.5 Å². The number of halogens is 2. The monoisotopic (exact) mass is 229 g/mol. The third-order valence-electron chi connectivity index (χ3n) is 2.27. The number of rotatable bonds is 5. The van der Waals surface area contributed by atoms with Gasteiger partial charge >= 0.3 is 0 Å². The lowest BCUT2D eigenvalue weighted by atomic mass is 10.1. The van der Waals surface area contributed by atoms with Crippen LogP contribution < -0.4 is 10.1 Å². The Morgan fingerprint density at radius 3 is 2.56 bits per heavy atom. The van der Waals surface area contributed by atoms with Crippen LogP contribution in [0.5, 0.6) is 5.75 Å². The number of aryl methyl sites for hydroxylation is 1. The lowest BCUT2D eigenvalue weighted by molar-refractivity contribution is 0.130. The Kier molecular flexibility index (Phi) is 4.52. The van der Waals surface area contributed by atoms with Crippen molar-refractivity contribution < 1.29 is 13.5 Å². The molecule has 1 rings (SSSR count). The average molecular weight is 229 g/mol. The number of alkyl halides is 2. The van der Waals surface area contributed by atoms with Crippen molar-refractivity contribution in [1.29, 1.82) is 0 Å². The summed E-state index contributed by atoms with van der Waals surface area (Å²) in [6, 6.07) is 4.52. The predicted molar refractivity (Wildman–Crippen MR) is 61.4 cm³/mol. The van der Waals surface area contributed by atoms with Gasteiger partial charge in [0.25, 0.3) is 6.43 Å². The maximum Gasteiger partial charge on any atom is 0.258 e. The normalized spacial score (nSPS) is 12.6. The molecule has 90 valence electrons. The molecule has 1 aromatic carbocycles. The van der Waals surface area contributed by atoms with Crippen molar-refractivity contribution in [3.8, 4) is 5.75 Å². The van der Waals surface area contributed by atoms with E-state index in [1.54, 1.807) is 12.1 Å². The van der Waals surface area contributed by atoms with Gasteiger partial charge in [-0.1, -0.05) is 0 Å². The number of ether oxygens (including phenoxy) is 1. The molecular formula is C12H17F2NO. The van der Waals surface area contributed by atoms with Crippen LogP contribution in [0.15, 0.2) is 18.2 Å². The standard InChI is InChI=1S/C12H17F2NO/c1-4-16-10-5-6-11(8(2)7-10)15-9(3)12(13)14/h5-7,9,12,15H,4H2,1-3H3. The first-order valence-electron chi connectivity index (χ1n) is 5.32. The second-order valence-electron chi connectivity index (χ2n) is 3.68. The molecule has 0 aliphatic carbocycles. The molecule has 0 fully saturated rings. The number of anilines is 1. The van der Waals surface area contributed by atoms with Crippen molar-refractivity contribution in [2.24, 2.45) is 0 Å². The van der Waals surface area contributed by atoms with Crippen molar-refractivity contribution in [3.63, 3.8) is 0 Å². The zero-order valence-electron chi connectivity index (χ0n) is 9.76. The van der Waals surface area contributed by atoms with Crippen LogP contribution >= 0.6 is 0 Å². The summed E-state index contributed by atoms with van der Waals surface area (Å²) in [7, 11) is 0. The van der Waals surface area contributed by atoms with E-state index in [-0.39, 0.29) is 0 Å². The highest BCUT2D eigenvalue weighted by molar-refractivity contribution is 5.54. The quantitative estimate of drug-likeness (QED) is 0.834. The summed E-state index contributed by atoms with van der Waals surface area (Å²) in [5, 5.41) is 2.77. The Balaban J connectivity index is 2.75. The van der Waals surface area contributed by atoms with E-state index < -0.39 is 12.5 Å². The van der Waals surface area contributed by atoms with Gasteiger partial charge in [-0.3, -0.25) is 0 Å². The molecule has 0 aliphatic rings. The van der Waals surface area contributed by atoms with E-state index in [2.05, 4.69) is 5.32 Å². The van der Waals surface area contributed by atoms with Crippen LogP contribution in [0.25, 0.3) is 0 Å². The zero-order chi connectivity index (χ0) is 12.1. The first-order valence-corrected chi connectivity index (χ1v) is 5.32. The van der Waals surface area contributed by atoms with Crippen LogP contribution in [-0.4, -0.2) is 19.1 Å². The molecule has 0 aliphatic heterocycles. The molecular weight excluding hydrogens is 212 g/mol. The molecule has 0 aromatic heterocycles. The minimum Gasteiger partial charge on any atom is -0.494 e. The molecule has 0 spiro atoms. The van der Waals surface area contributed by atoms with Crippen molar-refractivity contribution in [2.75, 3.05) is 11.9 Å². The largest absolute Gasteiger partial charge is 0.494 e. The van der Waals surface area contributed by atoms with E-state index in [4.69, 9.17) is 4.74 Å². The predicted octanol–water partition coefficient (Wildman–Crippen LogP) is 3.46. The smallest absolute Gasteiger partial charge is 0.258 e. The fraction of sp³-hybridized carbons (Fsp3) is 0.500. The SMILES string of the molecule is CCOc1ccc(NC(C)C(F)F)c(C)c1. The van der Waals surface area contributed by atoms with Gasteiger partial charge in [-0.15, -0.1) is 0 Å². The van der Waals surface area contributed by atoms with E-state index in [1.807, 2.05) is 19.9 Å². The van der Waals surface area contributed by atoms with Crippen molar-refractivity contribution in [2.45, 2.75) is 33.2 Å². The third-order valence-corrected chi connectivity index (χ3v) is 2.27. The van der Waals surface area contributed by atoms with Crippen molar-refractivity contribution in [3.05, 3.63) is 23.8 Å². The molecule has 1 aromatic rings. The van der Waals surface area contributed by atoms with Gasteiger partial charge in [0.05, 0.1) is 12.6 Å². The van der Waals surface area contributed by atoms with E-state index in [0.717, 1.165) is 17.0 Å². The van der Waals surface area contributed by atoms with Crippen LogP contribution in [0.1, 0.15) is 19.4 Å². The Morgan fingerprint density at radius 1 is 1.38 bits per heavy atom. The van der Waals surface area contributed by atoms with Gasteiger partial charge in [0, 0.05) is 5.69 Å². The molecule has 0 radical (unpaired) electrons. The lowest BCUT2D eigenvalue weighted by Crippen LogP contribution is -2.24. The number of hydrogen-bond donors (Lipinski definition) is 1. The number of nitrogens with one attached hydrogen (secondary N) is 1. The molecule has 0 heterocycles. The highest BCUT2D eigenvalue weighted by atomic mass is 19.3. The molecule has 2 nitrogen and oxygen atoms in total. The third kappa shape index (κ3) is 3.36. The van der Waals surface area contributed by atoms with Crippen LogP contribution in [0, 0.1) is 6.92 Å². The van der Waals surface area contributed by atoms with Crippen LogP contribution in [0.2, 0.25) is 0 Å². The zero-order valence-corrected chi connectivity index (χ0v) is 9.76. The first kappa shape index (κ1) is 12.7. The van der Waals surface area contributed by atoms with Gasteiger partial charge in [0.15, 0.2) is 0 Å². The summed E-state index contributed by atoms with van der Waals surface area (Å²) in [5.74, 6) is 0.759. The Hall–Kier alpha value is -1.32. The molecule has 0 bridgehead atoms. The summed E-state index contributed by atoms with van der Waals surface area (Å²) in [6.07, 6.45) is -2.37. The minimum atomic E-state index is -2.37. The van der Waals surface area contributed by atoms with E-state index in [9.17, 15) is 8.78 Å². The Labute approximate surface area is 94.6 Å². The average Bonchev–Trinajstić information content (AvgIpc) is 2.22. The Morgan fingerprint density at radius 2 is 2.06 bits per heavy atom.